The molecule has 2 nitrogen and oxygen atoms in total. The molecule has 0 spiro atoms. The summed E-state index contributed by atoms with van der Waals surface area (Å²) in [4.78, 5) is 3.60. The average molecular weight is 170 g/mol. The first-order chi connectivity index (χ1) is 5.63. The highest BCUT2D eigenvalue weighted by atomic mass is 19.1. The van der Waals surface area contributed by atoms with Gasteiger partial charge in [-0.05, 0) is 12.1 Å². The van der Waals surface area contributed by atoms with E-state index < -0.39 is 11.6 Å². The van der Waals surface area contributed by atoms with Crippen molar-refractivity contribution in [3.05, 3.63) is 35.4 Å². The number of rotatable bonds is 1. The summed E-state index contributed by atoms with van der Waals surface area (Å²) in [5.74, 6) is -1.19. The van der Waals surface area contributed by atoms with Crippen molar-refractivity contribution in [2.24, 2.45) is 10.7 Å². The van der Waals surface area contributed by atoms with Gasteiger partial charge in [-0.25, -0.2) is 8.78 Å². The topological polar surface area (TPSA) is 38.4 Å². The van der Waals surface area contributed by atoms with Crippen LogP contribution in [0.3, 0.4) is 0 Å². The average Bonchev–Trinajstić information content (AvgIpc) is 2.01. The molecule has 0 aliphatic carbocycles. The lowest BCUT2D eigenvalue weighted by atomic mass is 10.2. The van der Waals surface area contributed by atoms with Crippen molar-refractivity contribution in [1.82, 2.24) is 0 Å². The van der Waals surface area contributed by atoms with Crippen molar-refractivity contribution in [1.29, 1.82) is 0 Å². The Bertz CT molecular complexity index is 301. The van der Waals surface area contributed by atoms with Crippen molar-refractivity contribution in [3.8, 4) is 0 Å². The maximum absolute atomic E-state index is 12.6. The second kappa shape index (κ2) is 3.30. The molecule has 1 rings (SSSR count). The minimum absolute atomic E-state index is 0.119. The second-order valence-electron chi connectivity index (χ2n) is 2.27. The van der Waals surface area contributed by atoms with E-state index in [1.807, 2.05) is 0 Å². The van der Waals surface area contributed by atoms with E-state index in [1.165, 1.54) is 7.05 Å². The third-order valence-electron chi connectivity index (χ3n) is 1.40. The Kier molecular flexibility index (Phi) is 2.38. The first-order valence-electron chi connectivity index (χ1n) is 3.32. The van der Waals surface area contributed by atoms with Gasteiger partial charge in [0.2, 0.25) is 0 Å². The van der Waals surface area contributed by atoms with Crippen molar-refractivity contribution < 1.29 is 8.78 Å². The Morgan fingerprint density at radius 3 is 2.17 bits per heavy atom. The van der Waals surface area contributed by atoms with Gasteiger partial charge in [-0.3, -0.25) is 4.99 Å². The molecule has 2 N–H and O–H groups in total. The molecule has 0 fully saturated rings. The zero-order chi connectivity index (χ0) is 9.14. The molecule has 0 saturated carbocycles. The molecule has 0 unspecified atom stereocenters. The van der Waals surface area contributed by atoms with Crippen LogP contribution in [0.15, 0.2) is 23.2 Å². The molecule has 1 aromatic rings. The Morgan fingerprint density at radius 2 is 1.75 bits per heavy atom. The van der Waals surface area contributed by atoms with Crippen LogP contribution in [0.5, 0.6) is 0 Å². The van der Waals surface area contributed by atoms with Crippen LogP contribution in [0.4, 0.5) is 8.78 Å². The van der Waals surface area contributed by atoms with Gasteiger partial charge in [0.15, 0.2) is 0 Å². The summed E-state index contributed by atoms with van der Waals surface area (Å²) in [6.45, 7) is 0. The van der Waals surface area contributed by atoms with E-state index >= 15 is 0 Å². The third kappa shape index (κ3) is 1.78. The number of amidine groups is 1. The lowest BCUT2D eigenvalue weighted by Crippen LogP contribution is -2.13. The molecular weight excluding hydrogens is 162 g/mol. The summed E-state index contributed by atoms with van der Waals surface area (Å²) < 4.78 is 25.1. The summed E-state index contributed by atoms with van der Waals surface area (Å²) in [6, 6.07) is 3.04. The number of aliphatic imine (C=N–C) groups is 1. The van der Waals surface area contributed by atoms with Gasteiger partial charge < -0.3 is 5.73 Å². The summed E-state index contributed by atoms with van der Waals surface area (Å²) >= 11 is 0. The van der Waals surface area contributed by atoms with Gasteiger partial charge in [-0.15, -0.1) is 0 Å². The highest BCUT2D eigenvalue weighted by molar-refractivity contribution is 5.97. The minimum Gasteiger partial charge on any atom is -0.384 e. The van der Waals surface area contributed by atoms with Crippen molar-refractivity contribution in [2.75, 3.05) is 7.05 Å². The monoisotopic (exact) mass is 170 g/mol. The summed E-state index contributed by atoms with van der Waals surface area (Å²) in [5, 5.41) is 0. The molecule has 0 aliphatic heterocycles. The van der Waals surface area contributed by atoms with Crippen LogP contribution in [0.2, 0.25) is 0 Å². The molecule has 0 aliphatic rings. The smallest absolute Gasteiger partial charge is 0.126 e. The van der Waals surface area contributed by atoms with Gasteiger partial charge in [-0.1, -0.05) is 0 Å². The van der Waals surface area contributed by atoms with E-state index in [9.17, 15) is 8.78 Å². The fraction of sp³-hybridized carbons (Fsp3) is 0.125. The number of nitrogens with zero attached hydrogens (tertiary/aromatic N) is 1. The molecule has 0 atom stereocenters. The number of hydrogen-bond donors (Lipinski definition) is 1. The van der Waals surface area contributed by atoms with Gasteiger partial charge in [0.25, 0.3) is 0 Å². The molecular formula is C8H8F2N2. The van der Waals surface area contributed by atoms with Crippen LogP contribution < -0.4 is 5.73 Å². The molecule has 0 aromatic heterocycles. The molecule has 1 aromatic carbocycles. The molecule has 0 saturated heterocycles. The van der Waals surface area contributed by atoms with Gasteiger partial charge in [0.05, 0.1) is 0 Å². The molecule has 12 heavy (non-hydrogen) atoms. The van der Waals surface area contributed by atoms with Crippen LogP contribution >= 0.6 is 0 Å². The number of benzene rings is 1. The number of halogens is 2. The number of hydrogen-bond acceptors (Lipinski definition) is 1. The van der Waals surface area contributed by atoms with Crippen LogP contribution in [0.25, 0.3) is 0 Å². The zero-order valence-electron chi connectivity index (χ0n) is 6.51. The lowest BCUT2D eigenvalue weighted by Gasteiger charge is -1.99. The van der Waals surface area contributed by atoms with E-state index in [1.54, 1.807) is 0 Å². The maximum Gasteiger partial charge on any atom is 0.126 e. The Hall–Kier alpha value is -1.45. The molecule has 0 radical (unpaired) electrons. The van der Waals surface area contributed by atoms with Crippen molar-refractivity contribution in [3.63, 3.8) is 0 Å². The van der Waals surface area contributed by atoms with Gasteiger partial charge in [-0.2, -0.15) is 0 Å². The largest absolute Gasteiger partial charge is 0.384 e. The van der Waals surface area contributed by atoms with Crippen LogP contribution in [-0.4, -0.2) is 12.9 Å². The second-order valence-corrected chi connectivity index (χ2v) is 2.27. The quantitative estimate of drug-likeness (QED) is 0.500. The molecule has 4 heteroatoms. The standard InChI is InChI=1S/C8H8F2N2/c1-12-8(11)5-2-6(9)4-7(10)3-5/h2-4H,1H3,(H2,11,12). The van der Waals surface area contributed by atoms with Gasteiger partial charge in [0, 0.05) is 18.7 Å². The predicted molar refractivity (Wildman–Crippen MR) is 43.0 cm³/mol. The first kappa shape index (κ1) is 8.64. The summed E-state index contributed by atoms with van der Waals surface area (Å²) in [7, 11) is 1.46. The Morgan fingerprint density at radius 1 is 1.25 bits per heavy atom. The fourth-order valence-corrected chi connectivity index (χ4v) is 0.831. The molecule has 0 heterocycles. The highest BCUT2D eigenvalue weighted by Crippen LogP contribution is 2.07. The normalized spacial score (nSPS) is 11.8. The van der Waals surface area contributed by atoms with E-state index in [0.717, 1.165) is 18.2 Å². The van der Waals surface area contributed by atoms with Gasteiger partial charge in [0.1, 0.15) is 17.5 Å². The van der Waals surface area contributed by atoms with E-state index in [-0.39, 0.29) is 11.4 Å². The van der Waals surface area contributed by atoms with E-state index in [0.29, 0.717) is 0 Å². The van der Waals surface area contributed by atoms with Crippen LogP contribution in [0.1, 0.15) is 5.56 Å². The molecule has 0 amide bonds. The first-order valence-corrected chi connectivity index (χ1v) is 3.32. The Labute approximate surface area is 68.7 Å². The lowest BCUT2D eigenvalue weighted by molar-refractivity contribution is 0.583. The third-order valence-corrected chi connectivity index (χ3v) is 1.40. The fourth-order valence-electron chi connectivity index (χ4n) is 0.831. The van der Waals surface area contributed by atoms with Crippen LogP contribution in [-0.2, 0) is 0 Å². The predicted octanol–water partition coefficient (Wildman–Crippen LogP) is 1.30. The SMILES string of the molecule is CN=C(N)c1cc(F)cc(F)c1. The molecule has 0 bridgehead atoms. The summed E-state index contributed by atoms with van der Waals surface area (Å²) in [5.41, 5.74) is 5.61. The van der Waals surface area contributed by atoms with Crippen molar-refractivity contribution in [2.45, 2.75) is 0 Å². The minimum atomic E-state index is -0.656. The molecule has 64 valence electrons. The van der Waals surface area contributed by atoms with Gasteiger partial charge >= 0.3 is 0 Å². The van der Waals surface area contributed by atoms with E-state index in [4.69, 9.17) is 5.73 Å². The highest BCUT2D eigenvalue weighted by Gasteiger charge is 2.02. The zero-order valence-corrected chi connectivity index (χ0v) is 6.51. The van der Waals surface area contributed by atoms with E-state index in [2.05, 4.69) is 4.99 Å². The number of nitrogens with two attached hydrogens (primary N) is 1. The Balaban J connectivity index is 3.17. The van der Waals surface area contributed by atoms with Crippen LogP contribution in [0, 0.1) is 11.6 Å². The van der Waals surface area contributed by atoms with Crippen molar-refractivity contribution >= 4 is 5.84 Å². The maximum atomic E-state index is 12.6. The summed E-state index contributed by atoms with van der Waals surface area (Å²) in [6.07, 6.45) is 0.